The van der Waals surface area contributed by atoms with Crippen LogP contribution in [-0.4, -0.2) is 27.0 Å². The van der Waals surface area contributed by atoms with Gasteiger partial charge < -0.3 is 15.0 Å². The molecule has 9 heteroatoms. The molecule has 1 heterocycles. The Morgan fingerprint density at radius 3 is 2.48 bits per heavy atom. The fourth-order valence-electron chi connectivity index (χ4n) is 1.98. The number of aliphatic hydroxyl groups is 1. The summed E-state index contributed by atoms with van der Waals surface area (Å²) in [5, 5.41) is 23.3. The third kappa shape index (κ3) is 3.98. The number of nitro groups is 1. The summed E-state index contributed by atoms with van der Waals surface area (Å²) in [6, 6.07) is 7.21. The topological polar surface area (TPSA) is 97.4 Å². The third-order valence-electron chi connectivity index (χ3n) is 3.29. The molecule has 0 aliphatic heterocycles. The first-order chi connectivity index (χ1) is 10.8. The van der Waals surface area contributed by atoms with E-state index in [-0.39, 0.29) is 18.1 Å². The van der Waals surface area contributed by atoms with Gasteiger partial charge in [-0.1, -0.05) is 0 Å². The Bertz CT molecular complexity index is 743. The van der Waals surface area contributed by atoms with Crippen LogP contribution < -0.4 is 5.32 Å². The van der Waals surface area contributed by atoms with Crippen molar-refractivity contribution in [2.24, 2.45) is 7.05 Å². The van der Waals surface area contributed by atoms with E-state index in [1.54, 1.807) is 17.7 Å². The summed E-state index contributed by atoms with van der Waals surface area (Å²) in [7, 11) is 1.73. The zero-order valence-corrected chi connectivity index (χ0v) is 15.2. The molecule has 0 unspecified atom stereocenters. The summed E-state index contributed by atoms with van der Waals surface area (Å²) >= 11 is 6.65. The number of hydrogen-bond acceptors (Lipinski definition) is 4. The lowest BCUT2D eigenvalue weighted by Gasteiger charge is -2.12. The van der Waals surface area contributed by atoms with E-state index in [2.05, 4.69) is 37.2 Å². The van der Waals surface area contributed by atoms with Crippen molar-refractivity contribution in [3.05, 3.63) is 60.8 Å². The van der Waals surface area contributed by atoms with Crippen LogP contribution in [0.3, 0.4) is 0 Å². The smallest absolute Gasteiger partial charge is 0.269 e. The molecule has 1 amide bonds. The highest BCUT2D eigenvalue weighted by atomic mass is 79.9. The number of non-ortho nitro benzene ring substituents is 1. The molecule has 1 atom stereocenters. The molecule has 7 nitrogen and oxygen atoms in total. The Kier molecular flexibility index (Phi) is 5.55. The number of nitro benzene ring substituents is 1. The largest absolute Gasteiger partial charge is 0.387 e. The lowest BCUT2D eigenvalue weighted by molar-refractivity contribution is -0.384. The minimum atomic E-state index is -0.952. The van der Waals surface area contributed by atoms with Crippen molar-refractivity contribution in [1.29, 1.82) is 0 Å². The SMILES string of the molecule is Cn1c(C(=O)NC[C@H](O)c2ccc([N+](=O)[O-])cc2)cc(Br)c1Br. The molecule has 2 N–H and O–H groups in total. The Hall–Kier alpha value is -1.71. The standard InChI is InChI=1S/C14H13Br2N3O4/c1-18-11(6-10(15)13(18)16)14(21)17-7-12(20)8-2-4-9(5-3-8)19(22)23/h2-6,12,20H,7H2,1H3,(H,17,21)/t12-/m0/s1. The molecule has 2 rings (SSSR count). The quantitative estimate of drug-likeness (QED) is 0.545. The molecule has 0 bridgehead atoms. The van der Waals surface area contributed by atoms with Crippen LogP contribution in [-0.2, 0) is 7.05 Å². The van der Waals surface area contributed by atoms with E-state index in [1.807, 2.05) is 0 Å². The van der Waals surface area contributed by atoms with E-state index in [9.17, 15) is 20.0 Å². The van der Waals surface area contributed by atoms with E-state index in [0.717, 1.165) is 9.08 Å². The zero-order valence-electron chi connectivity index (χ0n) is 12.0. The first-order valence-electron chi connectivity index (χ1n) is 6.52. The molecule has 0 saturated carbocycles. The number of amides is 1. The van der Waals surface area contributed by atoms with E-state index in [0.29, 0.717) is 11.3 Å². The van der Waals surface area contributed by atoms with Crippen LogP contribution in [0.25, 0.3) is 0 Å². The fraction of sp³-hybridized carbons (Fsp3) is 0.214. The summed E-state index contributed by atoms with van der Waals surface area (Å²) in [6.45, 7) is -0.00291. The summed E-state index contributed by atoms with van der Waals surface area (Å²) in [6.07, 6.45) is -0.952. The molecule has 0 saturated heterocycles. The molecule has 23 heavy (non-hydrogen) atoms. The molecule has 0 fully saturated rings. The zero-order chi connectivity index (χ0) is 17.1. The van der Waals surface area contributed by atoms with Crippen molar-refractivity contribution in [2.45, 2.75) is 6.10 Å². The van der Waals surface area contributed by atoms with Crippen LogP contribution in [0, 0.1) is 10.1 Å². The maximum atomic E-state index is 12.1. The summed E-state index contributed by atoms with van der Waals surface area (Å²) < 4.78 is 3.15. The van der Waals surface area contributed by atoms with Crippen LogP contribution in [0.4, 0.5) is 5.69 Å². The van der Waals surface area contributed by atoms with Gasteiger partial charge in [0.25, 0.3) is 11.6 Å². The second-order valence-electron chi connectivity index (χ2n) is 4.80. The Labute approximate surface area is 148 Å². The number of aliphatic hydroxyl groups excluding tert-OH is 1. The number of carbonyl (C=O) groups excluding carboxylic acids is 1. The lowest BCUT2D eigenvalue weighted by atomic mass is 10.1. The van der Waals surface area contributed by atoms with Crippen molar-refractivity contribution in [3.63, 3.8) is 0 Å². The van der Waals surface area contributed by atoms with Crippen molar-refractivity contribution in [2.75, 3.05) is 6.54 Å². The summed E-state index contributed by atoms with van der Waals surface area (Å²) in [5.74, 6) is -0.333. The van der Waals surface area contributed by atoms with Gasteiger partial charge in [0.1, 0.15) is 5.69 Å². The van der Waals surface area contributed by atoms with Gasteiger partial charge in [0.15, 0.2) is 0 Å². The van der Waals surface area contributed by atoms with Gasteiger partial charge >= 0.3 is 0 Å². The molecule has 0 radical (unpaired) electrons. The molecule has 1 aromatic heterocycles. The minimum absolute atomic E-state index is 0.00291. The minimum Gasteiger partial charge on any atom is -0.387 e. The van der Waals surface area contributed by atoms with E-state index >= 15 is 0 Å². The predicted octanol–water partition coefficient (Wildman–Crippen LogP) is 2.92. The predicted molar refractivity (Wildman–Crippen MR) is 91.2 cm³/mol. The highest BCUT2D eigenvalue weighted by Crippen LogP contribution is 2.26. The van der Waals surface area contributed by atoms with Crippen molar-refractivity contribution in [3.8, 4) is 0 Å². The lowest BCUT2D eigenvalue weighted by Crippen LogP contribution is -2.29. The van der Waals surface area contributed by atoms with Gasteiger partial charge in [0.05, 0.1) is 20.1 Å². The normalized spacial score (nSPS) is 12.0. The van der Waals surface area contributed by atoms with E-state index in [4.69, 9.17) is 0 Å². The number of aromatic nitrogens is 1. The molecule has 0 spiro atoms. The Morgan fingerprint density at radius 2 is 2.00 bits per heavy atom. The molecule has 0 aliphatic rings. The Balaban J connectivity index is 2.00. The number of carbonyl (C=O) groups is 1. The van der Waals surface area contributed by atoms with Gasteiger partial charge in [-0.3, -0.25) is 14.9 Å². The maximum absolute atomic E-state index is 12.1. The second-order valence-corrected chi connectivity index (χ2v) is 6.41. The molecule has 122 valence electrons. The number of nitrogens with zero attached hydrogens (tertiary/aromatic N) is 2. The van der Waals surface area contributed by atoms with Crippen molar-refractivity contribution >= 4 is 43.5 Å². The first kappa shape index (κ1) is 17.6. The number of halogens is 2. The van der Waals surface area contributed by atoms with E-state index < -0.39 is 11.0 Å². The summed E-state index contributed by atoms with van der Waals surface area (Å²) in [5.41, 5.74) is 0.869. The molecule has 2 aromatic rings. The van der Waals surface area contributed by atoms with Crippen molar-refractivity contribution in [1.82, 2.24) is 9.88 Å². The van der Waals surface area contributed by atoms with Crippen molar-refractivity contribution < 1.29 is 14.8 Å². The molecular formula is C14H13Br2N3O4. The third-order valence-corrected chi connectivity index (χ3v) is 5.39. The average Bonchev–Trinajstić information content (AvgIpc) is 2.80. The van der Waals surface area contributed by atoms with Gasteiger partial charge in [-0.15, -0.1) is 0 Å². The van der Waals surface area contributed by atoms with Crippen LogP contribution in [0.1, 0.15) is 22.2 Å². The first-order valence-corrected chi connectivity index (χ1v) is 8.11. The van der Waals surface area contributed by atoms with Crippen LogP contribution in [0.2, 0.25) is 0 Å². The van der Waals surface area contributed by atoms with Gasteiger partial charge in [-0.05, 0) is 55.6 Å². The highest BCUT2D eigenvalue weighted by Gasteiger charge is 2.17. The monoisotopic (exact) mass is 445 g/mol. The van der Waals surface area contributed by atoms with Gasteiger partial charge in [0.2, 0.25) is 0 Å². The van der Waals surface area contributed by atoms with Gasteiger partial charge in [-0.25, -0.2) is 0 Å². The van der Waals surface area contributed by atoms with Crippen LogP contribution >= 0.6 is 31.9 Å². The molecular weight excluding hydrogens is 434 g/mol. The fourth-order valence-corrected chi connectivity index (χ4v) is 2.76. The molecule has 0 aliphatic carbocycles. The Morgan fingerprint density at radius 1 is 1.39 bits per heavy atom. The number of benzene rings is 1. The average molecular weight is 447 g/mol. The van der Waals surface area contributed by atoms with Crippen LogP contribution in [0.5, 0.6) is 0 Å². The summed E-state index contributed by atoms with van der Waals surface area (Å²) in [4.78, 5) is 22.2. The van der Waals surface area contributed by atoms with Crippen LogP contribution in [0.15, 0.2) is 39.4 Å². The second kappa shape index (κ2) is 7.24. The number of nitrogens with one attached hydrogen (secondary N) is 1. The molecule has 1 aromatic carbocycles. The van der Waals surface area contributed by atoms with E-state index in [1.165, 1.54) is 24.3 Å². The van der Waals surface area contributed by atoms with Gasteiger partial charge in [-0.2, -0.15) is 0 Å². The van der Waals surface area contributed by atoms with Gasteiger partial charge in [0, 0.05) is 25.7 Å². The number of rotatable bonds is 5. The number of hydrogen-bond donors (Lipinski definition) is 2. The maximum Gasteiger partial charge on any atom is 0.269 e. The highest BCUT2D eigenvalue weighted by molar-refractivity contribution is 9.13.